The van der Waals surface area contributed by atoms with E-state index in [0.717, 1.165) is 33.5 Å². The van der Waals surface area contributed by atoms with Gasteiger partial charge in [0.2, 0.25) is 0 Å². The summed E-state index contributed by atoms with van der Waals surface area (Å²) in [4.78, 5) is 3.39. The largest absolute Gasteiger partial charge is 0.384 e. The summed E-state index contributed by atoms with van der Waals surface area (Å²) in [6.45, 7) is 0. The van der Waals surface area contributed by atoms with Crippen LogP contribution in [-0.2, 0) is 0 Å². The monoisotopic (exact) mass is 368 g/mol. The number of hydrogen-bond donors (Lipinski definition) is 6. The van der Waals surface area contributed by atoms with Gasteiger partial charge in [-0.2, -0.15) is 0 Å². The number of amidine groups is 2. The Bertz CT molecular complexity index is 1170. The summed E-state index contributed by atoms with van der Waals surface area (Å²) in [5.74, 6) is 0.120. The summed E-state index contributed by atoms with van der Waals surface area (Å²) in [5, 5.41) is 19.4. The van der Waals surface area contributed by atoms with Crippen LogP contribution < -0.4 is 16.8 Å². The molecule has 0 fully saturated rings. The van der Waals surface area contributed by atoms with Crippen LogP contribution in [0, 0.1) is 10.8 Å². The lowest BCUT2D eigenvalue weighted by atomic mass is 10.1. The predicted molar refractivity (Wildman–Crippen MR) is 115 cm³/mol. The minimum atomic E-state index is 0.0599. The first kappa shape index (κ1) is 17.4. The number of nitrogens with two attached hydrogens (primary N) is 2. The molecule has 1 heterocycles. The Labute approximate surface area is 162 Å². The molecule has 0 radical (unpaired) electrons. The van der Waals surface area contributed by atoms with Crippen LogP contribution in [-0.4, -0.2) is 16.7 Å². The lowest BCUT2D eigenvalue weighted by Gasteiger charge is -2.08. The molecule has 0 amide bonds. The summed E-state index contributed by atoms with van der Waals surface area (Å²) in [6, 6.07) is 23.3. The molecule has 0 spiro atoms. The molecule has 1 aromatic heterocycles. The Morgan fingerprint density at radius 3 is 1.89 bits per heavy atom. The van der Waals surface area contributed by atoms with Crippen molar-refractivity contribution in [1.82, 2.24) is 4.98 Å². The van der Waals surface area contributed by atoms with E-state index in [-0.39, 0.29) is 11.7 Å². The van der Waals surface area contributed by atoms with Gasteiger partial charge in [-0.05, 0) is 54.1 Å². The van der Waals surface area contributed by atoms with E-state index in [1.165, 1.54) is 0 Å². The SMILES string of the molecule is N=C(N)c1ccc(Nc2ccc(-c3cc4ccc(C(=N)N)cc4[nH]3)cc2)cc1. The van der Waals surface area contributed by atoms with Gasteiger partial charge < -0.3 is 21.8 Å². The quantitative estimate of drug-likeness (QED) is 0.234. The highest BCUT2D eigenvalue weighted by Gasteiger charge is 2.06. The molecular weight excluding hydrogens is 348 g/mol. The smallest absolute Gasteiger partial charge is 0.122 e. The molecule has 4 rings (SSSR count). The number of anilines is 2. The molecule has 8 N–H and O–H groups in total. The molecule has 0 atom stereocenters. The summed E-state index contributed by atoms with van der Waals surface area (Å²) in [6.07, 6.45) is 0. The van der Waals surface area contributed by atoms with E-state index >= 15 is 0 Å². The van der Waals surface area contributed by atoms with Crippen LogP contribution in [0.25, 0.3) is 22.2 Å². The third-order valence-corrected chi connectivity index (χ3v) is 4.61. The molecular formula is C22H20N6. The van der Waals surface area contributed by atoms with Gasteiger partial charge >= 0.3 is 0 Å². The van der Waals surface area contributed by atoms with E-state index in [1.807, 2.05) is 66.7 Å². The highest BCUT2D eigenvalue weighted by Crippen LogP contribution is 2.27. The van der Waals surface area contributed by atoms with Crippen molar-refractivity contribution in [2.45, 2.75) is 0 Å². The van der Waals surface area contributed by atoms with Gasteiger partial charge in [0.05, 0.1) is 0 Å². The van der Waals surface area contributed by atoms with Crippen LogP contribution in [0.5, 0.6) is 0 Å². The summed E-state index contributed by atoms with van der Waals surface area (Å²) in [7, 11) is 0. The molecule has 6 nitrogen and oxygen atoms in total. The van der Waals surface area contributed by atoms with E-state index < -0.39 is 0 Å². The predicted octanol–water partition coefficient (Wildman–Crippen LogP) is 4.15. The van der Waals surface area contributed by atoms with E-state index in [1.54, 1.807) is 0 Å². The third-order valence-electron chi connectivity index (χ3n) is 4.61. The minimum absolute atomic E-state index is 0.0599. The fourth-order valence-electron chi connectivity index (χ4n) is 3.08. The Morgan fingerprint density at radius 2 is 1.29 bits per heavy atom. The van der Waals surface area contributed by atoms with Crippen molar-refractivity contribution in [2.75, 3.05) is 5.32 Å². The Morgan fingerprint density at radius 1 is 0.714 bits per heavy atom. The fourth-order valence-corrected chi connectivity index (χ4v) is 3.08. The molecule has 0 aliphatic heterocycles. The Hall–Kier alpha value is -4.06. The van der Waals surface area contributed by atoms with E-state index in [2.05, 4.69) is 16.4 Å². The molecule has 138 valence electrons. The van der Waals surface area contributed by atoms with Crippen molar-refractivity contribution in [2.24, 2.45) is 11.5 Å². The molecule has 6 heteroatoms. The maximum absolute atomic E-state index is 7.57. The second-order valence-corrected chi connectivity index (χ2v) is 6.59. The fraction of sp³-hybridized carbons (Fsp3) is 0. The third kappa shape index (κ3) is 3.43. The average molecular weight is 368 g/mol. The zero-order chi connectivity index (χ0) is 19.7. The van der Waals surface area contributed by atoms with Crippen molar-refractivity contribution in [3.8, 4) is 11.3 Å². The van der Waals surface area contributed by atoms with Crippen molar-refractivity contribution in [3.05, 3.63) is 83.9 Å². The number of benzene rings is 3. The van der Waals surface area contributed by atoms with Gasteiger partial charge in [-0.1, -0.05) is 24.3 Å². The number of aromatic nitrogens is 1. The Balaban J connectivity index is 1.55. The average Bonchev–Trinajstić information content (AvgIpc) is 3.12. The number of H-pyrrole nitrogens is 1. The number of nitrogens with one attached hydrogen (secondary N) is 4. The van der Waals surface area contributed by atoms with Crippen LogP contribution in [0.2, 0.25) is 0 Å². The molecule has 4 aromatic rings. The molecule has 0 saturated carbocycles. The molecule has 0 unspecified atom stereocenters. The molecule has 0 aliphatic carbocycles. The van der Waals surface area contributed by atoms with Gasteiger partial charge in [-0.25, -0.2) is 0 Å². The van der Waals surface area contributed by atoms with Gasteiger partial charge in [0.15, 0.2) is 0 Å². The highest BCUT2D eigenvalue weighted by molar-refractivity contribution is 5.99. The van der Waals surface area contributed by atoms with Crippen LogP contribution in [0.3, 0.4) is 0 Å². The van der Waals surface area contributed by atoms with Gasteiger partial charge in [0, 0.05) is 39.1 Å². The number of hydrogen-bond acceptors (Lipinski definition) is 3. The number of rotatable bonds is 5. The maximum Gasteiger partial charge on any atom is 0.122 e. The second kappa shape index (κ2) is 6.92. The summed E-state index contributed by atoms with van der Waals surface area (Å²) >= 11 is 0. The maximum atomic E-state index is 7.57. The lowest BCUT2D eigenvalue weighted by Crippen LogP contribution is -2.10. The van der Waals surface area contributed by atoms with E-state index in [9.17, 15) is 0 Å². The molecule has 3 aromatic carbocycles. The van der Waals surface area contributed by atoms with Crippen molar-refractivity contribution >= 4 is 33.9 Å². The molecule has 28 heavy (non-hydrogen) atoms. The van der Waals surface area contributed by atoms with Gasteiger partial charge in [0.1, 0.15) is 11.7 Å². The lowest BCUT2D eigenvalue weighted by molar-refractivity contribution is 1.41. The topological polar surface area (TPSA) is 128 Å². The van der Waals surface area contributed by atoms with Gasteiger partial charge in [-0.3, -0.25) is 10.8 Å². The first-order chi connectivity index (χ1) is 13.5. The van der Waals surface area contributed by atoms with Gasteiger partial charge in [0.25, 0.3) is 0 Å². The van der Waals surface area contributed by atoms with Crippen molar-refractivity contribution in [3.63, 3.8) is 0 Å². The number of aromatic amines is 1. The van der Waals surface area contributed by atoms with Crippen molar-refractivity contribution in [1.29, 1.82) is 10.8 Å². The minimum Gasteiger partial charge on any atom is -0.384 e. The van der Waals surface area contributed by atoms with E-state index in [4.69, 9.17) is 22.3 Å². The zero-order valence-electron chi connectivity index (χ0n) is 15.1. The van der Waals surface area contributed by atoms with Crippen molar-refractivity contribution < 1.29 is 0 Å². The van der Waals surface area contributed by atoms with Crippen LogP contribution in [0.15, 0.2) is 72.8 Å². The normalized spacial score (nSPS) is 10.7. The van der Waals surface area contributed by atoms with Crippen LogP contribution in [0.1, 0.15) is 11.1 Å². The highest BCUT2D eigenvalue weighted by atomic mass is 14.9. The summed E-state index contributed by atoms with van der Waals surface area (Å²) in [5.41, 5.74) is 17.4. The standard InChI is InChI=1S/C22H20N6/c23-21(24)14-5-9-18(10-6-14)27-17-7-3-13(4-8-17)19-11-15-1-2-16(22(25)26)12-20(15)28-19/h1-12,27-28H,(H3,23,24)(H3,25,26). The van der Waals surface area contributed by atoms with Gasteiger partial charge in [-0.15, -0.1) is 0 Å². The first-order valence-electron chi connectivity index (χ1n) is 8.79. The molecule has 0 saturated heterocycles. The first-order valence-corrected chi connectivity index (χ1v) is 8.79. The van der Waals surface area contributed by atoms with Crippen LogP contribution in [0.4, 0.5) is 11.4 Å². The second-order valence-electron chi connectivity index (χ2n) is 6.59. The Kier molecular flexibility index (Phi) is 4.29. The summed E-state index contributed by atoms with van der Waals surface area (Å²) < 4.78 is 0. The van der Waals surface area contributed by atoms with E-state index in [0.29, 0.717) is 11.1 Å². The molecule has 0 bridgehead atoms. The molecule has 0 aliphatic rings. The zero-order valence-corrected chi connectivity index (χ0v) is 15.1. The van der Waals surface area contributed by atoms with Crippen LogP contribution >= 0.6 is 0 Å². The number of nitrogen functional groups attached to an aromatic ring is 2. The number of fused-ring (bicyclic) bond motifs is 1.